The quantitative estimate of drug-likeness (QED) is 0.283. The minimum Gasteiger partial charge on any atom is -0.455 e. The molecule has 1 saturated heterocycles. The summed E-state index contributed by atoms with van der Waals surface area (Å²) in [6.45, 7) is 4.01. The maximum Gasteiger partial charge on any atom is 0.420 e. The normalized spacial score (nSPS) is 25.2. The van der Waals surface area contributed by atoms with Crippen LogP contribution in [0.5, 0.6) is 0 Å². The molecule has 0 bridgehead atoms. The molecule has 0 aromatic carbocycles. The Hall–Kier alpha value is -2.64. The molecule has 1 fully saturated rings. The van der Waals surface area contributed by atoms with E-state index < -0.39 is 54.3 Å². The summed E-state index contributed by atoms with van der Waals surface area (Å²) in [5.41, 5.74) is 0. The first-order valence-corrected chi connectivity index (χ1v) is 7.08. The number of esters is 4. The number of carbonyl (C=O) groups is 4. The SMILES string of the molecule is C#C[C@H](O)C1OC(OC(C)=O)(OC(C)=O)C(OC(C)=O)C1OC(C)=O. The molecule has 0 aromatic heterocycles. The lowest BCUT2D eigenvalue weighted by molar-refractivity contribution is -0.362. The zero-order chi connectivity index (χ0) is 19.4. The zero-order valence-electron chi connectivity index (χ0n) is 14.0. The van der Waals surface area contributed by atoms with Gasteiger partial charge in [0.2, 0.25) is 6.10 Å². The lowest BCUT2D eigenvalue weighted by Crippen LogP contribution is -2.52. The van der Waals surface area contributed by atoms with Crippen LogP contribution in [0.4, 0.5) is 0 Å². The van der Waals surface area contributed by atoms with Crippen LogP contribution in [0, 0.1) is 12.3 Å². The van der Waals surface area contributed by atoms with Gasteiger partial charge in [-0.15, -0.1) is 6.42 Å². The molecule has 0 aliphatic carbocycles. The molecular formula is C15H18O10. The van der Waals surface area contributed by atoms with E-state index in [1.54, 1.807) is 0 Å². The van der Waals surface area contributed by atoms with Crippen LogP contribution in [0.3, 0.4) is 0 Å². The van der Waals surface area contributed by atoms with E-state index in [0.29, 0.717) is 0 Å². The van der Waals surface area contributed by atoms with E-state index in [1.165, 1.54) is 0 Å². The van der Waals surface area contributed by atoms with Crippen molar-refractivity contribution in [2.24, 2.45) is 0 Å². The molecule has 10 heteroatoms. The van der Waals surface area contributed by atoms with Gasteiger partial charge in [0.05, 0.1) is 0 Å². The maximum atomic E-state index is 11.4. The number of carbonyl (C=O) groups excluding carboxylic acids is 4. The third kappa shape index (κ3) is 4.91. The Morgan fingerprint density at radius 2 is 1.48 bits per heavy atom. The first-order chi connectivity index (χ1) is 11.5. The van der Waals surface area contributed by atoms with Gasteiger partial charge in [-0.05, 0) is 0 Å². The Kier molecular flexibility index (Phi) is 6.49. The summed E-state index contributed by atoms with van der Waals surface area (Å²) in [6, 6.07) is 0. The highest BCUT2D eigenvalue weighted by Gasteiger charge is 2.66. The zero-order valence-corrected chi connectivity index (χ0v) is 14.0. The fraction of sp³-hybridized carbons (Fsp3) is 0.600. The number of aliphatic hydroxyl groups excluding tert-OH is 1. The molecule has 0 radical (unpaired) electrons. The Morgan fingerprint density at radius 1 is 1.00 bits per heavy atom. The van der Waals surface area contributed by atoms with Crippen molar-refractivity contribution in [2.45, 2.75) is 58.1 Å². The predicted octanol–water partition coefficient (Wildman–Crippen LogP) is -0.977. The van der Waals surface area contributed by atoms with Crippen molar-refractivity contribution in [3.8, 4) is 12.3 Å². The van der Waals surface area contributed by atoms with Crippen LogP contribution in [0.15, 0.2) is 0 Å². The number of hydrogen-bond acceptors (Lipinski definition) is 10. The van der Waals surface area contributed by atoms with Crippen molar-refractivity contribution in [2.75, 3.05) is 0 Å². The summed E-state index contributed by atoms with van der Waals surface area (Å²) < 4.78 is 25.1. The fourth-order valence-electron chi connectivity index (χ4n) is 2.26. The van der Waals surface area contributed by atoms with Gasteiger partial charge in [-0.25, -0.2) is 0 Å². The molecule has 1 aliphatic rings. The van der Waals surface area contributed by atoms with Crippen LogP contribution in [-0.4, -0.2) is 59.4 Å². The second kappa shape index (κ2) is 7.96. The number of terminal acetylenes is 1. The van der Waals surface area contributed by atoms with Gasteiger partial charge in [0.25, 0.3) is 0 Å². The number of ether oxygens (including phenoxy) is 5. The van der Waals surface area contributed by atoms with Crippen molar-refractivity contribution >= 4 is 23.9 Å². The molecule has 138 valence electrons. The molecule has 25 heavy (non-hydrogen) atoms. The van der Waals surface area contributed by atoms with Crippen LogP contribution < -0.4 is 0 Å². The highest BCUT2D eigenvalue weighted by molar-refractivity contribution is 5.70. The summed E-state index contributed by atoms with van der Waals surface area (Å²) >= 11 is 0. The molecule has 0 aromatic rings. The number of aliphatic hydroxyl groups is 1. The van der Waals surface area contributed by atoms with Gasteiger partial charge in [0.15, 0.2) is 6.10 Å². The van der Waals surface area contributed by atoms with Gasteiger partial charge in [-0.2, -0.15) is 0 Å². The summed E-state index contributed by atoms with van der Waals surface area (Å²) in [5.74, 6) is -4.27. The van der Waals surface area contributed by atoms with E-state index in [-0.39, 0.29) is 0 Å². The van der Waals surface area contributed by atoms with E-state index in [9.17, 15) is 24.3 Å². The molecule has 10 nitrogen and oxygen atoms in total. The standard InChI is InChI=1S/C15H18O10/c1-6-11(20)12-13(21-7(2)16)14(22-8(3)17)15(25-12,23-9(4)18)24-10(5)19/h1,11-14,20H,2-5H3/t11-,12?,13?,14?/m0/s1. The highest BCUT2D eigenvalue weighted by atomic mass is 16.9. The molecule has 0 spiro atoms. The van der Waals surface area contributed by atoms with E-state index >= 15 is 0 Å². The second-order valence-corrected chi connectivity index (χ2v) is 5.09. The van der Waals surface area contributed by atoms with Gasteiger partial charge in [0, 0.05) is 27.7 Å². The van der Waals surface area contributed by atoms with Crippen molar-refractivity contribution in [3.05, 3.63) is 0 Å². The van der Waals surface area contributed by atoms with Crippen LogP contribution in [0.2, 0.25) is 0 Å². The average molecular weight is 358 g/mol. The van der Waals surface area contributed by atoms with Crippen LogP contribution in [0.25, 0.3) is 0 Å². The Balaban J connectivity index is 3.45. The monoisotopic (exact) mass is 358 g/mol. The molecule has 3 unspecified atom stereocenters. The molecule has 0 saturated carbocycles. The molecule has 4 atom stereocenters. The van der Waals surface area contributed by atoms with Crippen molar-refractivity contribution < 1.29 is 48.0 Å². The number of hydrogen-bond donors (Lipinski definition) is 1. The van der Waals surface area contributed by atoms with E-state index in [0.717, 1.165) is 27.7 Å². The van der Waals surface area contributed by atoms with Crippen LogP contribution >= 0.6 is 0 Å². The number of rotatable bonds is 5. The first kappa shape index (κ1) is 20.4. The van der Waals surface area contributed by atoms with Gasteiger partial charge < -0.3 is 24.1 Å². The smallest absolute Gasteiger partial charge is 0.420 e. The molecule has 0 amide bonds. The fourth-order valence-corrected chi connectivity index (χ4v) is 2.26. The summed E-state index contributed by atoms with van der Waals surface area (Å²) in [6.07, 6.45) is -1.24. The summed E-state index contributed by atoms with van der Waals surface area (Å²) in [7, 11) is 0. The Morgan fingerprint density at radius 3 is 1.84 bits per heavy atom. The largest absolute Gasteiger partial charge is 0.455 e. The van der Waals surface area contributed by atoms with E-state index in [4.69, 9.17) is 30.1 Å². The second-order valence-electron chi connectivity index (χ2n) is 5.09. The maximum absolute atomic E-state index is 11.4. The van der Waals surface area contributed by atoms with Crippen molar-refractivity contribution in [1.82, 2.24) is 0 Å². The molecule has 1 rings (SSSR count). The Bertz CT molecular complexity index is 588. The van der Waals surface area contributed by atoms with Crippen LogP contribution in [-0.2, 0) is 42.9 Å². The van der Waals surface area contributed by atoms with Gasteiger partial charge in [-0.1, -0.05) is 5.92 Å². The molecule has 1 aliphatic heterocycles. The first-order valence-electron chi connectivity index (χ1n) is 7.08. The lowest BCUT2D eigenvalue weighted by atomic mass is 10.1. The summed E-state index contributed by atoms with van der Waals surface area (Å²) in [5, 5.41) is 9.92. The molecular weight excluding hydrogens is 340 g/mol. The average Bonchev–Trinajstić information content (AvgIpc) is 2.70. The van der Waals surface area contributed by atoms with Crippen molar-refractivity contribution in [1.29, 1.82) is 0 Å². The Labute approximate surface area is 143 Å². The topological polar surface area (TPSA) is 135 Å². The molecule has 1 N–H and O–H groups in total. The van der Waals surface area contributed by atoms with Crippen LogP contribution in [0.1, 0.15) is 27.7 Å². The lowest BCUT2D eigenvalue weighted by Gasteiger charge is -2.31. The van der Waals surface area contributed by atoms with E-state index in [1.807, 2.05) is 5.92 Å². The molecule has 1 heterocycles. The van der Waals surface area contributed by atoms with Gasteiger partial charge >= 0.3 is 29.9 Å². The third-order valence-corrected chi connectivity index (χ3v) is 2.92. The van der Waals surface area contributed by atoms with Crippen molar-refractivity contribution in [3.63, 3.8) is 0 Å². The minimum atomic E-state index is -2.58. The predicted molar refractivity (Wildman–Crippen MR) is 77.1 cm³/mol. The van der Waals surface area contributed by atoms with Gasteiger partial charge in [-0.3, -0.25) is 23.9 Å². The van der Waals surface area contributed by atoms with Gasteiger partial charge in [0.1, 0.15) is 12.2 Å². The summed E-state index contributed by atoms with van der Waals surface area (Å²) in [4.78, 5) is 45.7. The van der Waals surface area contributed by atoms with E-state index in [2.05, 4.69) is 0 Å². The minimum absolute atomic E-state index is 0.832. The highest BCUT2D eigenvalue weighted by Crippen LogP contribution is 2.39. The third-order valence-electron chi connectivity index (χ3n) is 2.92.